The van der Waals surface area contributed by atoms with Crippen molar-refractivity contribution < 1.29 is 9.59 Å². The van der Waals surface area contributed by atoms with Gasteiger partial charge in [0.1, 0.15) is 5.82 Å². The third-order valence-corrected chi connectivity index (χ3v) is 3.41. The Labute approximate surface area is 140 Å². The third-order valence-electron chi connectivity index (χ3n) is 3.41. The number of urea groups is 1. The van der Waals surface area contributed by atoms with Crippen molar-refractivity contribution in [3.8, 4) is 0 Å². The molecule has 0 saturated carbocycles. The van der Waals surface area contributed by atoms with E-state index in [4.69, 9.17) is 0 Å². The van der Waals surface area contributed by atoms with E-state index in [1.807, 2.05) is 27.7 Å². The van der Waals surface area contributed by atoms with Gasteiger partial charge in [0.2, 0.25) is 0 Å². The molecule has 2 heterocycles. The molecule has 1 aromatic heterocycles. The highest BCUT2D eigenvalue weighted by atomic mass is 16.2. The molecule has 0 radical (unpaired) electrons. The second kappa shape index (κ2) is 6.38. The Kier molecular flexibility index (Phi) is 4.68. The molecule has 0 atom stereocenters. The van der Waals surface area contributed by atoms with Gasteiger partial charge in [-0.3, -0.25) is 10.1 Å². The quantitative estimate of drug-likeness (QED) is 0.812. The van der Waals surface area contributed by atoms with Gasteiger partial charge >= 0.3 is 6.03 Å². The molecule has 1 aliphatic rings. The second-order valence-electron chi connectivity index (χ2n) is 6.45. The van der Waals surface area contributed by atoms with Crippen molar-refractivity contribution in [3.63, 3.8) is 0 Å². The van der Waals surface area contributed by atoms with Gasteiger partial charge in [-0.2, -0.15) is 14.8 Å². The van der Waals surface area contributed by atoms with Crippen LogP contribution in [0.4, 0.5) is 10.6 Å². The molecule has 8 heteroatoms. The molecular weight excluding hydrogens is 308 g/mol. The average Bonchev–Trinajstić information content (AvgIpc) is 2.88. The largest absolute Gasteiger partial charge is 0.338 e. The van der Waals surface area contributed by atoms with Gasteiger partial charge in [-0.1, -0.05) is 27.4 Å². The number of carbonyl (C=O) groups is 2. The fourth-order valence-corrected chi connectivity index (χ4v) is 1.96. The number of anilines is 1. The second-order valence-corrected chi connectivity index (χ2v) is 6.45. The number of nitrogens with zero attached hydrogens (tertiary/aromatic N) is 4. The summed E-state index contributed by atoms with van der Waals surface area (Å²) in [6.07, 6.45) is 0. The van der Waals surface area contributed by atoms with Crippen LogP contribution in [0.1, 0.15) is 40.3 Å². The maximum atomic E-state index is 11.9. The Hall–Kier alpha value is -2.77. The standard InChI is InChI=1S/C16H22N6O2/c1-7-17-15(24)19-12-8-11(16(4,5)6)21-22(12)14-18-10(3)9(2)13(23)20-14/h8H,2,7H2,1,3-6H3,(H2,17,19,24). The summed E-state index contributed by atoms with van der Waals surface area (Å²) in [7, 11) is 0. The molecule has 2 N–H and O–H groups in total. The Bertz CT molecular complexity index is 764. The summed E-state index contributed by atoms with van der Waals surface area (Å²) < 4.78 is 1.36. The number of nitrogens with one attached hydrogen (secondary N) is 2. The van der Waals surface area contributed by atoms with Crippen LogP contribution in [0.5, 0.6) is 0 Å². The lowest BCUT2D eigenvalue weighted by molar-refractivity contribution is -0.113. The molecule has 0 unspecified atom stereocenters. The molecule has 0 aliphatic carbocycles. The van der Waals surface area contributed by atoms with Crippen molar-refractivity contribution in [2.75, 3.05) is 11.9 Å². The van der Waals surface area contributed by atoms with Crippen LogP contribution < -0.4 is 10.6 Å². The predicted octanol–water partition coefficient (Wildman–Crippen LogP) is 2.08. The van der Waals surface area contributed by atoms with Crippen molar-refractivity contribution in [3.05, 3.63) is 23.9 Å². The molecule has 24 heavy (non-hydrogen) atoms. The SMILES string of the molecule is C=C1C(=O)N=C(n2nc(C(C)(C)C)cc2NC(=O)NCC)N=C1C. The number of aliphatic imine (C=N–C) groups is 2. The topological polar surface area (TPSA) is 101 Å². The summed E-state index contributed by atoms with van der Waals surface area (Å²) in [6.45, 7) is 13.6. The molecule has 0 aromatic carbocycles. The number of aromatic nitrogens is 2. The van der Waals surface area contributed by atoms with Gasteiger partial charge in [0.05, 0.1) is 17.0 Å². The Morgan fingerprint density at radius 1 is 1.33 bits per heavy atom. The van der Waals surface area contributed by atoms with Gasteiger partial charge in [-0.05, 0) is 13.8 Å². The Morgan fingerprint density at radius 2 is 2.00 bits per heavy atom. The van der Waals surface area contributed by atoms with E-state index in [2.05, 4.69) is 32.3 Å². The molecule has 0 fully saturated rings. The predicted molar refractivity (Wildman–Crippen MR) is 93.7 cm³/mol. The summed E-state index contributed by atoms with van der Waals surface area (Å²) in [5.74, 6) is 0.0305. The summed E-state index contributed by atoms with van der Waals surface area (Å²) in [5, 5.41) is 9.82. The number of carbonyl (C=O) groups excluding carboxylic acids is 2. The molecule has 3 amide bonds. The fourth-order valence-electron chi connectivity index (χ4n) is 1.96. The monoisotopic (exact) mass is 330 g/mol. The minimum absolute atomic E-state index is 0.104. The van der Waals surface area contributed by atoms with Gasteiger partial charge in [0, 0.05) is 18.0 Å². The molecule has 8 nitrogen and oxygen atoms in total. The van der Waals surface area contributed by atoms with E-state index in [1.165, 1.54) is 4.68 Å². The van der Waals surface area contributed by atoms with Crippen molar-refractivity contribution in [2.45, 2.75) is 40.0 Å². The smallest absolute Gasteiger partial charge is 0.320 e. The Morgan fingerprint density at radius 3 is 2.54 bits per heavy atom. The third kappa shape index (κ3) is 3.58. The number of hydrogen-bond donors (Lipinski definition) is 2. The zero-order valence-corrected chi connectivity index (χ0v) is 14.6. The molecule has 0 saturated heterocycles. The highest BCUT2D eigenvalue weighted by Gasteiger charge is 2.25. The zero-order chi connectivity index (χ0) is 18.1. The van der Waals surface area contributed by atoms with Crippen LogP contribution in [0.25, 0.3) is 0 Å². The molecular formula is C16H22N6O2. The van der Waals surface area contributed by atoms with Gasteiger partial charge < -0.3 is 5.32 Å². The summed E-state index contributed by atoms with van der Waals surface area (Å²) in [6, 6.07) is 1.38. The first-order chi connectivity index (χ1) is 11.1. The highest BCUT2D eigenvalue weighted by Crippen LogP contribution is 2.24. The molecule has 0 spiro atoms. The van der Waals surface area contributed by atoms with Gasteiger partial charge in [-0.15, -0.1) is 0 Å². The van der Waals surface area contributed by atoms with Crippen LogP contribution in [0.3, 0.4) is 0 Å². The van der Waals surface area contributed by atoms with Crippen molar-refractivity contribution in [1.29, 1.82) is 0 Å². The van der Waals surface area contributed by atoms with Crippen molar-refractivity contribution in [1.82, 2.24) is 15.1 Å². The molecule has 2 rings (SSSR count). The first kappa shape index (κ1) is 17.6. The van der Waals surface area contributed by atoms with E-state index in [9.17, 15) is 9.59 Å². The van der Waals surface area contributed by atoms with E-state index >= 15 is 0 Å². The van der Waals surface area contributed by atoms with Crippen LogP contribution in [-0.2, 0) is 10.2 Å². The maximum absolute atomic E-state index is 11.9. The first-order valence-electron chi connectivity index (χ1n) is 7.67. The van der Waals surface area contributed by atoms with E-state index < -0.39 is 5.91 Å². The molecule has 0 bridgehead atoms. The van der Waals surface area contributed by atoms with E-state index in [-0.39, 0.29) is 23.0 Å². The van der Waals surface area contributed by atoms with E-state index in [0.29, 0.717) is 18.1 Å². The first-order valence-corrected chi connectivity index (χ1v) is 7.67. The summed E-state index contributed by atoms with van der Waals surface area (Å²) in [5.41, 5.74) is 1.22. The van der Waals surface area contributed by atoms with Gasteiger partial charge in [-0.25, -0.2) is 9.79 Å². The van der Waals surface area contributed by atoms with E-state index in [1.54, 1.807) is 13.0 Å². The van der Waals surface area contributed by atoms with E-state index in [0.717, 1.165) is 5.69 Å². The lowest BCUT2D eigenvalue weighted by Gasteiger charge is -2.14. The Balaban J connectivity index is 2.50. The number of amides is 3. The lowest BCUT2D eigenvalue weighted by atomic mass is 9.92. The van der Waals surface area contributed by atoms with Gasteiger partial charge in [0.15, 0.2) is 0 Å². The summed E-state index contributed by atoms with van der Waals surface area (Å²) in [4.78, 5) is 32.0. The molecule has 1 aromatic rings. The fraction of sp³-hybridized carbons (Fsp3) is 0.438. The highest BCUT2D eigenvalue weighted by molar-refractivity contribution is 6.27. The van der Waals surface area contributed by atoms with Crippen molar-refractivity contribution >= 4 is 29.4 Å². The minimum Gasteiger partial charge on any atom is -0.338 e. The van der Waals surface area contributed by atoms with Gasteiger partial charge in [0.25, 0.3) is 11.9 Å². The lowest BCUT2D eigenvalue weighted by Crippen LogP contribution is -2.31. The molecule has 1 aliphatic heterocycles. The average molecular weight is 330 g/mol. The van der Waals surface area contributed by atoms with Crippen LogP contribution >= 0.6 is 0 Å². The van der Waals surface area contributed by atoms with Crippen LogP contribution in [0, 0.1) is 0 Å². The van der Waals surface area contributed by atoms with Crippen LogP contribution in [0.15, 0.2) is 28.2 Å². The maximum Gasteiger partial charge on any atom is 0.320 e. The number of rotatable bonds is 2. The zero-order valence-electron chi connectivity index (χ0n) is 14.6. The number of hydrogen-bond acceptors (Lipinski definition) is 4. The van der Waals surface area contributed by atoms with Crippen LogP contribution in [0.2, 0.25) is 0 Å². The van der Waals surface area contributed by atoms with Crippen LogP contribution in [-0.4, -0.2) is 39.9 Å². The normalized spacial score (nSPS) is 15.0. The molecule has 128 valence electrons. The minimum atomic E-state index is -0.464. The van der Waals surface area contributed by atoms with Crippen molar-refractivity contribution in [2.24, 2.45) is 9.98 Å². The summed E-state index contributed by atoms with van der Waals surface area (Å²) >= 11 is 0.